The number of esters is 1. The third-order valence-electron chi connectivity index (χ3n) is 3.35. The molecule has 0 spiro atoms. The summed E-state index contributed by atoms with van der Waals surface area (Å²) in [5.41, 5.74) is 0.0907. The summed E-state index contributed by atoms with van der Waals surface area (Å²) in [5.74, 6) is -0.778. The van der Waals surface area contributed by atoms with Crippen molar-refractivity contribution < 1.29 is 32.2 Å². The summed E-state index contributed by atoms with van der Waals surface area (Å²) in [6, 6.07) is 10.9. The van der Waals surface area contributed by atoms with Crippen LogP contribution in [0, 0.1) is 0 Å². The molecular weight excluding hydrogens is 363 g/mol. The Balaban J connectivity index is 1.82. The van der Waals surface area contributed by atoms with Crippen molar-refractivity contribution in [2.75, 3.05) is 19.0 Å². The van der Waals surface area contributed by atoms with Crippen LogP contribution in [0.5, 0.6) is 5.75 Å². The SMILES string of the molecule is COc1cccc(NC(=O)COC(=O)/C=C/c2ccc(C(F)(F)F)cc2)c1. The normalized spacial score (nSPS) is 11.3. The summed E-state index contributed by atoms with van der Waals surface area (Å²) < 4.78 is 47.2. The number of ether oxygens (including phenoxy) is 2. The van der Waals surface area contributed by atoms with Crippen LogP contribution in [0.3, 0.4) is 0 Å². The zero-order chi connectivity index (χ0) is 19.9. The van der Waals surface area contributed by atoms with Crippen LogP contribution >= 0.6 is 0 Å². The highest BCUT2D eigenvalue weighted by atomic mass is 19.4. The van der Waals surface area contributed by atoms with Crippen molar-refractivity contribution in [3.8, 4) is 5.75 Å². The number of alkyl halides is 3. The van der Waals surface area contributed by atoms with Crippen molar-refractivity contribution >= 4 is 23.6 Å². The molecule has 0 heterocycles. The molecule has 8 heteroatoms. The van der Waals surface area contributed by atoms with Gasteiger partial charge < -0.3 is 14.8 Å². The average Bonchev–Trinajstić information content (AvgIpc) is 2.64. The molecule has 0 saturated heterocycles. The fourth-order valence-electron chi connectivity index (χ4n) is 2.03. The number of hydrogen-bond acceptors (Lipinski definition) is 4. The van der Waals surface area contributed by atoms with Crippen molar-refractivity contribution in [3.05, 3.63) is 65.7 Å². The van der Waals surface area contributed by atoms with Gasteiger partial charge in [0, 0.05) is 17.8 Å². The number of hydrogen-bond donors (Lipinski definition) is 1. The zero-order valence-electron chi connectivity index (χ0n) is 14.2. The Morgan fingerprint density at radius 3 is 2.44 bits per heavy atom. The standard InChI is InChI=1S/C19H16F3NO4/c1-26-16-4-2-3-15(11-16)23-17(24)12-27-18(25)10-7-13-5-8-14(9-6-13)19(20,21)22/h2-11H,12H2,1H3,(H,23,24)/b10-7+. The van der Waals surface area contributed by atoms with Gasteiger partial charge in [0.25, 0.3) is 5.91 Å². The van der Waals surface area contributed by atoms with Crippen molar-refractivity contribution in [1.82, 2.24) is 0 Å². The molecule has 2 aromatic rings. The number of anilines is 1. The van der Waals surface area contributed by atoms with E-state index in [4.69, 9.17) is 9.47 Å². The van der Waals surface area contributed by atoms with E-state index in [1.807, 2.05) is 0 Å². The van der Waals surface area contributed by atoms with Crippen LogP contribution in [0.15, 0.2) is 54.6 Å². The van der Waals surface area contributed by atoms with E-state index in [1.165, 1.54) is 25.3 Å². The van der Waals surface area contributed by atoms with Gasteiger partial charge in [-0.2, -0.15) is 13.2 Å². The van der Waals surface area contributed by atoms with Gasteiger partial charge in [0.05, 0.1) is 12.7 Å². The summed E-state index contributed by atoms with van der Waals surface area (Å²) >= 11 is 0. The molecule has 1 N–H and O–H groups in total. The average molecular weight is 379 g/mol. The fraction of sp³-hybridized carbons (Fsp3) is 0.158. The number of benzene rings is 2. The lowest BCUT2D eigenvalue weighted by molar-refractivity contribution is -0.142. The lowest BCUT2D eigenvalue weighted by atomic mass is 10.1. The summed E-state index contributed by atoms with van der Waals surface area (Å²) in [6.45, 7) is -0.507. The minimum absolute atomic E-state index is 0.390. The fourth-order valence-corrected chi connectivity index (χ4v) is 2.03. The number of rotatable bonds is 6. The van der Waals surface area contributed by atoms with Crippen LogP contribution in [-0.2, 0) is 20.5 Å². The molecule has 0 atom stereocenters. The van der Waals surface area contributed by atoms with Crippen molar-refractivity contribution in [3.63, 3.8) is 0 Å². The Hall–Kier alpha value is -3.29. The van der Waals surface area contributed by atoms with E-state index in [1.54, 1.807) is 24.3 Å². The first kappa shape index (κ1) is 20.0. The van der Waals surface area contributed by atoms with E-state index < -0.39 is 30.2 Å². The number of carbonyl (C=O) groups excluding carboxylic acids is 2. The molecule has 142 valence electrons. The molecule has 0 aliphatic carbocycles. The molecule has 0 aliphatic heterocycles. The van der Waals surface area contributed by atoms with Crippen molar-refractivity contribution in [2.45, 2.75) is 6.18 Å². The molecule has 1 amide bonds. The molecule has 2 rings (SSSR count). The van der Waals surface area contributed by atoms with Crippen LogP contribution in [0.1, 0.15) is 11.1 Å². The maximum absolute atomic E-state index is 12.5. The molecule has 0 radical (unpaired) electrons. The van der Waals surface area contributed by atoms with Gasteiger partial charge in [-0.05, 0) is 35.9 Å². The van der Waals surface area contributed by atoms with Crippen LogP contribution in [0.25, 0.3) is 6.08 Å². The van der Waals surface area contributed by atoms with Gasteiger partial charge in [-0.3, -0.25) is 4.79 Å². The van der Waals surface area contributed by atoms with Crippen molar-refractivity contribution in [1.29, 1.82) is 0 Å². The smallest absolute Gasteiger partial charge is 0.416 e. The molecule has 0 unspecified atom stereocenters. The minimum atomic E-state index is -4.42. The molecule has 0 aromatic heterocycles. The Morgan fingerprint density at radius 2 is 1.81 bits per heavy atom. The third-order valence-corrected chi connectivity index (χ3v) is 3.35. The van der Waals surface area contributed by atoms with E-state index in [2.05, 4.69) is 5.32 Å². The van der Waals surface area contributed by atoms with E-state index in [-0.39, 0.29) is 0 Å². The maximum atomic E-state index is 12.5. The Bertz CT molecular complexity index is 830. The summed E-state index contributed by atoms with van der Waals surface area (Å²) in [5, 5.41) is 2.54. The monoisotopic (exact) mass is 379 g/mol. The highest BCUT2D eigenvalue weighted by Gasteiger charge is 2.29. The number of halogens is 3. The second kappa shape index (κ2) is 8.88. The predicted octanol–water partition coefficient (Wildman–Crippen LogP) is 3.91. The number of nitrogens with one attached hydrogen (secondary N) is 1. The zero-order valence-corrected chi connectivity index (χ0v) is 14.2. The first-order valence-corrected chi connectivity index (χ1v) is 7.74. The predicted molar refractivity (Wildman–Crippen MR) is 93.1 cm³/mol. The van der Waals surface area contributed by atoms with Gasteiger partial charge in [0.2, 0.25) is 0 Å². The number of methoxy groups -OCH3 is 1. The molecule has 0 bridgehead atoms. The third kappa shape index (κ3) is 6.50. The van der Waals surface area contributed by atoms with Gasteiger partial charge in [-0.15, -0.1) is 0 Å². The lowest BCUT2D eigenvalue weighted by Gasteiger charge is -2.07. The number of carbonyl (C=O) groups is 2. The molecule has 5 nitrogen and oxygen atoms in total. The Morgan fingerprint density at radius 1 is 1.11 bits per heavy atom. The first-order chi connectivity index (χ1) is 12.8. The highest BCUT2D eigenvalue weighted by Crippen LogP contribution is 2.29. The summed E-state index contributed by atoms with van der Waals surface area (Å²) in [6.07, 6.45) is -2.10. The van der Waals surface area contributed by atoms with Crippen LogP contribution in [0.2, 0.25) is 0 Å². The molecule has 2 aromatic carbocycles. The Kier molecular flexibility index (Phi) is 6.59. The van der Waals surface area contributed by atoms with Gasteiger partial charge in [-0.25, -0.2) is 4.79 Å². The topological polar surface area (TPSA) is 64.6 Å². The molecular formula is C19H16F3NO4. The van der Waals surface area contributed by atoms with Crippen molar-refractivity contribution in [2.24, 2.45) is 0 Å². The summed E-state index contributed by atoms with van der Waals surface area (Å²) in [7, 11) is 1.49. The first-order valence-electron chi connectivity index (χ1n) is 7.74. The largest absolute Gasteiger partial charge is 0.497 e. The van der Waals surface area contributed by atoms with E-state index in [0.717, 1.165) is 18.2 Å². The van der Waals surface area contributed by atoms with Crippen LogP contribution in [-0.4, -0.2) is 25.6 Å². The lowest BCUT2D eigenvalue weighted by Crippen LogP contribution is -2.20. The van der Waals surface area contributed by atoms with Gasteiger partial charge >= 0.3 is 12.1 Å². The second-order valence-corrected chi connectivity index (χ2v) is 5.34. The Labute approximate surface area is 153 Å². The van der Waals surface area contributed by atoms with E-state index >= 15 is 0 Å². The van der Waals surface area contributed by atoms with Gasteiger partial charge in [-0.1, -0.05) is 18.2 Å². The quantitative estimate of drug-likeness (QED) is 0.611. The maximum Gasteiger partial charge on any atom is 0.416 e. The molecule has 0 fully saturated rings. The minimum Gasteiger partial charge on any atom is -0.497 e. The van der Waals surface area contributed by atoms with E-state index in [0.29, 0.717) is 17.0 Å². The van der Waals surface area contributed by atoms with E-state index in [9.17, 15) is 22.8 Å². The number of amides is 1. The second-order valence-electron chi connectivity index (χ2n) is 5.34. The molecule has 0 aliphatic rings. The van der Waals surface area contributed by atoms with Crippen LogP contribution in [0.4, 0.5) is 18.9 Å². The van der Waals surface area contributed by atoms with Gasteiger partial charge in [0.1, 0.15) is 5.75 Å². The summed E-state index contributed by atoms with van der Waals surface area (Å²) in [4.78, 5) is 23.4. The molecule has 0 saturated carbocycles. The van der Waals surface area contributed by atoms with Crippen LogP contribution < -0.4 is 10.1 Å². The van der Waals surface area contributed by atoms with Gasteiger partial charge in [0.15, 0.2) is 6.61 Å². The highest BCUT2D eigenvalue weighted by molar-refractivity contribution is 5.94. The molecule has 27 heavy (non-hydrogen) atoms.